The summed E-state index contributed by atoms with van der Waals surface area (Å²) in [6.45, 7) is -1.41. The Kier molecular flexibility index (Phi) is 6.29. The van der Waals surface area contributed by atoms with E-state index in [1.54, 1.807) is 6.92 Å². The van der Waals surface area contributed by atoms with Crippen LogP contribution < -0.4 is 4.74 Å². The van der Waals surface area contributed by atoms with Crippen molar-refractivity contribution in [2.45, 2.75) is 25.8 Å². The third-order valence-electron chi connectivity index (χ3n) is 2.48. The van der Waals surface area contributed by atoms with Gasteiger partial charge in [0.05, 0.1) is 24.0 Å². The topological polar surface area (TPSA) is 78.7 Å². The molecule has 1 aromatic carbocycles. The van der Waals surface area contributed by atoms with E-state index in [-0.39, 0.29) is 35.8 Å². The highest BCUT2D eigenvalue weighted by atomic mass is 35.5. The summed E-state index contributed by atoms with van der Waals surface area (Å²) in [4.78, 5) is 21.7. The van der Waals surface area contributed by atoms with Crippen LogP contribution >= 0.6 is 11.6 Å². The number of benzene rings is 1. The lowest BCUT2D eigenvalue weighted by Crippen LogP contribution is -2.12. The minimum Gasteiger partial charge on any atom is -0.466 e. The van der Waals surface area contributed by atoms with Crippen molar-refractivity contribution in [3.8, 4) is 5.75 Å². The van der Waals surface area contributed by atoms with Crippen molar-refractivity contribution in [3.05, 3.63) is 33.4 Å². The zero-order chi connectivity index (χ0) is 16.0. The van der Waals surface area contributed by atoms with Gasteiger partial charge in [0.15, 0.2) is 0 Å². The molecule has 0 aromatic heterocycles. The molecule has 1 aromatic rings. The van der Waals surface area contributed by atoms with Gasteiger partial charge in [-0.2, -0.15) is 8.78 Å². The van der Waals surface area contributed by atoms with Crippen molar-refractivity contribution >= 4 is 23.3 Å². The number of carbonyl (C=O) groups excluding carboxylic acids is 1. The van der Waals surface area contributed by atoms with Gasteiger partial charge < -0.3 is 9.47 Å². The first-order valence-electron chi connectivity index (χ1n) is 5.85. The lowest BCUT2D eigenvalue weighted by atomic mass is 10.0. The zero-order valence-corrected chi connectivity index (χ0v) is 11.7. The van der Waals surface area contributed by atoms with Crippen LogP contribution in [0.2, 0.25) is 0 Å². The highest BCUT2D eigenvalue weighted by Gasteiger charge is 2.23. The molecule has 0 aliphatic heterocycles. The van der Waals surface area contributed by atoms with E-state index < -0.39 is 23.2 Å². The number of nitro benzene ring substituents is 1. The van der Waals surface area contributed by atoms with E-state index in [0.717, 1.165) is 12.1 Å². The molecule has 9 heteroatoms. The van der Waals surface area contributed by atoms with Gasteiger partial charge >= 0.3 is 12.6 Å². The Labute approximate surface area is 123 Å². The number of hydrogen-bond acceptors (Lipinski definition) is 5. The van der Waals surface area contributed by atoms with Gasteiger partial charge in [0.1, 0.15) is 5.75 Å². The van der Waals surface area contributed by atoms with Crippen LogP contribution in [0, 0.1) is 10.1 Å². The highest BCUT2D eigenvalue weighted by Crippen LogP contribution is 2.31. The second-order valence-electron chi connectivity index (χ2n) is 3.83. The fourth-order valence-corrected chi connectivity index (χ4v) is 1.94. The summed E-state index contributed by atoms with van der Waals surface area (Å²) in [6, 6.07) is 1.97. The lowest BCUT2D eigenvalue weighted by Gasteiger charge is -2.11. The van der Waals surface area contributed by atoms with Crippen LogP contribution in [0.1, 0.15) is 18.1 Å². The molecule has 116 valence electrons. The van der Waals surface area contributed by atoms with Crippen LogP contribution in [0.15, 0.2) is 12.1 Å². The van der Waals surface area contributed by atoms with Gasteiger partial charge in [-0.3, -0.25) is 14.9 Å². The molecule has 21 heavy (non-hydrogen) atoms. The minimum absolute atomic E-state index is 0.0232. The number of nitrogens with zero attached hydrogens (tertiary/aromatic N) is 1. The molecule has 0 bridgehead atoms. The molecular formula is C12H12ClF2NO5. The van der Waals surface area contributed by atoms with Crippen molar-refractivity contribution < 1.29 is 28.0 Å². The van der Waals surface area contributed by atoms with Gasteiger partial charge in [-0.15, -0.1) is 11.6 Å². The first-order valence-corrected chi connectivity index (χ1v) is 6.39. The highest BCUT2D eigenvalue weighted by molar-refractivity contribution is 6.17. The molecule has 0 unspecified atom stereocenters. The largest absolute Gasteiger partial charge is 0.466 e. The summed E-state index contributed by atoms with van der Waals surface area (Å²) >= 11 is 5.66. The fourth-order valence-electron chi connectivity index (χ4n) is 1.70. The molecule has 1 rings (SSSR count). The third-order valence-corrected chi connectivity index (χ3v) is 2.77. The van der Waals surface area contributed by atoms with Crippen molar-refractivity contribution in [3.63, 3.8) is 0 Å². The number of rotatable bonds is 7. The van der Waals surface area contributed by atoms with E-state index >= 15 is 0 Å². The van der Waals surface area contributed by atoms with E-state index in [0.29, 0.717) is 0 Å². The maximum atomic E-state index is 12.2. The first kappa shape index (κ1) is 17.1. The van der Waals surface area contributed by atoms with E-state index in [4.69, 9.17) is 16.3 Å². The van der Waals surface area contributed by atoms with Gasteiger partial charge in [-0.1, -0.05) is 0 Å². The van der Waals surface area contributed by atoms with E-state index in [1.165, 1.54) is 0 Å². The molecule has 0 amide bonds. The quantitative estimate of drug-likeness (QED) is 0.333. The standard InChI is InChI=1S/C12H12ClF2NO5/c1-2-20-11(17)5-9-7(6-13)3-8(21-12(14)15)4-10(9)16(18)19/h3-4,12H,2,5-6H2,1H3. The molecule has 0 saturated carbocycles. The summed E-state index contributed by atoms with van der Waals surface area (Å²) < 4.78 is 33.3. The Morgan fingerprint density at radius 2 is 2.14 bits per heavy atom. The van der Waals surface area contributed by atoms with Crippen LogP contribution in [-0.4, -0.2) is 24.1 Å². The van der Waals surface area contributed by atoms with Crippen LogP contribution in [0.25, 0.3) is 0 Å². The Balaban J connectivity index is 3.25. The van der Waals surface area contributed by atoms with Gasteiger partial charge in [0.2, 0.25) is 0 Å². The molecule has 0 N–H and O–H groups in total. The molecule has 0 radical (unpaired) electrons. The average molecular weight is 324 g/mol. The summed E-state index contributed by atoms with van der Waals surface area (Å²) in [5.41, 5.74) is -0.332. The lowest BCUT2D eigenvalue weighted by molar-refractivity contribution is -0.385. The third kappa shape index (κ3) is 4.82. The van der Waals surface area contributed by atoms with Crippen molar-refractivity contribution in [1.29, 1.82) is 0 Å². The summed E-state index contributed by atoms with van der Waals surface area (Å²) in [7, 11) is 0. The predicted octanol–water partition coefficient (Wildman–Crippen LogP) is 3.04. The maximum absolute atomic E-state index is 12.2. The molecule has 0 atom stereocenters. The van der Waals surface area contributed by atoms with Crippen molar-refractivity contribution in [2.75, 3.05) is 6.61 Å². The molecule has 6 nitrogen and oxygen atoms in total. The van der Waals surface area contributed by atoms with E-state index in [9.17, 15) is 23.7 Å². The maximum Gasteiger partial charge on any atom is 0.387 e. The summed E-state index contributed by atoms with van der Waals surface area (Å²) in [6.07, 6.45) is -0.374. The van der Waals surface area contributed by atoms with Gasteiger partial charge in [-0.05, 0) is 18.6 Å². The number of nitro groups is 1. The van der Waals surface area contributed by atoms with E-state index in [2.05, 4.69) is 4.74 Å². The normalized spacial score (nSPS) is 10.5. The smallest absolute Gasteiger partial charge is 0.387 e. The summed E-state index contributed by atoms with van der Waals surface area (Å²) in [5, 5.41) is 11.0. The van der Waals surface area contributed by atoms with Gasteiger partial charge in [-0.25, -0.2) is 0 Å². The monoisotopic (exact) mass is 323 g/mol. The van der Waals surface area contributed by atoms with E-state index in [1.807, 2.05) is 0 Å². The number of halogens is 3. The first-order chi connectivity index (χ1) is 9.88. The molecule has 0 fully saturated rings. The Morgan fingerprint density at radius 1 is 1.48 bits per heavy atom. The van der Waals surface area contributed by atoms with Crippen LogP contribution in [-0.2, 0) is 21.8 Å². The number of ether oxygens (including phenoxy) is 2. The van der Waals surface area contributed by atoms with Crippen LogP contribution in [0.5, 0.6) is 5.75 Å². The summed E-state index contributed by atoms with van der Waals surface area (Å²) in [5.74, 6) is -1.26. The predicted molar refractivity (Wildman–Crippen MR) is 69.6 cm³/mol. The Morgan fingerprint density at radius 3 is 2.62 bits per heavy atom. The van der Waals surface area contributed by atoms with Crippen LogP contribution in [0.3, 0.4) is 0 Å². The van der Waals surface area contributed by atoms with Crippen molar-refractivity contribution in [1.82, 2.24) is 0 Å². The molecule has 0 spiro atoms. The van der Waals surface area contributed by atoms with Gasteiger partial charge in [0.25, 0.3) is 5.69 Å². The van der Waals surface area contributed by atoms with Gasteiger partial charge in [0, 0.05) is 11.4 Å². The minimum atomic E-state index is -3.12. The zero-order valence-electron chi connectivity index (χ0n) is 11.0. The number of esters is 1. The molecule has 0 aliphatic rings. The molecular weight excluding hydrogens is 312 g/mol. The number of carbonyl (C=O) groups is 1. The second-order valence-corrected chi connectivity index (χ2v) is 4.10. The molecule has 0 aliphatic carbocycles. The Bertz CT molecular complexity index is 539. The molecule has 0 saturated heterocycles. The fraction of sp³-hybridized carbons (Fsp3) is 0.417. The second kappa shape index (κ2) is 7.72. The average Bonchev–Trinajstić information content (AvgIpc) is 2.39. The molecule has 0 heterocycles. The Hall–Kier alpha value is -1.96. The number of hydrogen-bond donors (Lipinski definition) is 0. The van der Waals surface area contributed by atoms with Crippen LogP contribution in [0.4, 0.5) is 14.5 Å². The van der Waals surface area contributed by atoms with Crippen molar-refractivity contribution in [2.24, 2.45) is 0 Å². The number of alkyl halides is 3. The SMILES string of the molecule is CCOC(=O)Cc1c(CCl)cc(OC(F)F)cc1[N+](=O)[O-].